The van der Waals surface area contributed by atoms with E-state index in [1.165, 1.54) is 7.11 Å². The van der Waals surface area contributed by atoms with Crippen LogP contribution in [0.2, 0.25) is 0 Å². The molecule has 0 bridgehead atoms. The Hall–Kier alpha value is -1.73. The molecule has 1 unspecified atom stereocenters. The summed E-state index contributed by atoms with van der Waals surface area (Å²) in [5.74, 6) is -0.747. The van der Waals surface area contributed by atoms with Gasteiger partial charge in [-0.1, -0.05) is 18.2 Å². The molecule has 0 aliphatic carbocycles. The van der Waals surface area contributed by atoms with Gasteiger partial charge in [-0.25, -0.2) is 13.4 Å². The van der Waals surface area contributed by atoms with Crippen molar-refractivity contribution >= 4 is 37.4 Å². The normalized spacial score (nSPS) is 13.0. The standard InChI is InChI=1S/C15H17NO4S2/c1-3-4-5-10-13(14(17)20-2)22(18,19)15-16-11-8-6-7-9-12(11)21-15/h3,6-9,13H,1,4-5,10H2,2H3. The summed E-state index contributed by atoms with van der Waals surface area (Å²) in [6.07, 6.45) is 3.08. The highest BCUT2D eigenvalue weighted by Gasteiger charge is 2.36. The van der Waals surface area contributed by atoms with Gasteiger partial charge >= 0.3 is 5.97 Å². The molecule has 0 amide bonds. The Morgan fingerprint density at radius 3 is 2.82 bits per heavy atom. The number of hydrogen-bond donors (Lipinski definition) is 0. The van der Waals surface area contributed by atoms with Crippen LogP contribution >= 0.6 is 11.3 Å². The minimum atomic E-state index is -3.86. The third-order valence-corrected chi connectivity index (χ3v) is 6.76. The summed E-state index contributed by atoms with van der Waals surface area (Å²) in [6.45, 7) is 3.60. The molecule has 0 N–H and O–H groups in total. The van der Waals surface area contributed by atoms with E-state index in [1.807, 2.05) is 6.07 Å². The first kappa shape index (κ1) is 16.6. The van der Waals surface area contributed by atoms with Gasteiger partial charge in [0.15, 0.2) is 5.25 Å². The van der Waals surface area contributed by atoms with Crippen LogP contribution in [0.15, 0.2) is 41.3 Å². The zero-order valence-electron chi connectivity index (χ0n) is 12.2. The number of rotatable bonds is 7. The van der Waals surface area contributed by atoms with Gasteiger partial charge in [-0.2, -0.15) is 0 Å². The molecule has 0 aliphatic rings. The lowest BCUT2D eigenvalue weighted by Crippen LogP contribution is -2.31. The highest BCUT2D eigenvalue weighted by molar-refractivity contribution is 7.94. The first-order valence-electron chi connectivity index (χ1n) is 6.79. The van der Waals surface area contributed by atoms with E-state index in [2.05, 4.69) is 16.3 Å². The van der Waals surface area contributed by atoms with E-state index in [4.69, 9.17) is 0 Å². The van der Waals surface area contributed by atoms with Gasteiger partial charge in [0, 0.05) is 0 Å². The predicted molar refractivity (Wildman–Crippen MR) is 86.7 cm³/mol. The quantitative estimate of drug-likeness (QED) is 0.440. The molecule has 5 nitrogen and oxygen atoms in total. The van der Waals surface area contributed by atoms with Gasteiger partial charge in [-0.15, -0.1) is 17.9 Å². The number of esters is 1. The SMILES string of the molecule is C=CCCCC(C(=O)OC)S(=O)(=O)c1nc2ccccc2s1. The van der Waals surface area contributed by atoms with Crippen LogP contribution in [0.4, 0.5) is 0 Å². The van der Waals surface area contributed by atoms with E-state index in [1.54, 1.807) is 24.3 Å². The van der Waals surface area contributed by atoms with Crippen molar-refractivity contribution in [2.45, 2.75) is 28.9 Å². The molecular weight excluding hydrogens is 322 g/mol. The number of ether oxygens (including phenoxy) is 1. The molecule has 1 atom stereocenters. The average molecular weight is 339 g/mol. The summed E-state index contributed by atoms with van der Waals surface area (Å²) in [4.78, 5) is 16.0. The Kier molecular flexibility index (Phi) is 5.31. The zero-order chi connectivity index (χ0) is 16.2. The number of fused-ring (bicyclic) bond motifs is 1. The Balaban J connectivity index is 2.38. The van der Waals surface area contributed by atoms with Gasteiger partial charge in [-0.3, -0.25) is 4.79 Å². The van der Waals surface area contributed by atoms with E-state index in [0.717, 1.165) is 16.0 Å². The number of carbonyl (C=O) groups is 1. The largest absolute Gasteiger partial charge is 0.468 e. The van der Waals surface area contributed by atoms with Crippen molar-refractivity contribution in [2.24, 2.45) is 0 Å². The molecule has 0 saturated carbocycles. The number of thiazole rings is 1. The Morgan fingerprint density at radius 1 is 1.45 bits per heavy atom. The monoisotopic (exact) mass is 339 g/mol. The summed E-state index contributed by atoms with van der Waals surface area (Å²) in [5.41, 5.74) is 0.612. The van der Waals surface area contributed by atoms with Crippen LogP contribution in [0, 0.1) is 0 Å². The molecule has 0 spiro atoms. The molecule has 2 rings (SSSR count). The molecule has 0 saturated heterocycles. The number of nitrogens with zero attached hydrogens (tertiary/aromatic N) is 1. The van der Waals surface area contributed by atoms with Crippen LogP contribution in [0.1, 0.15) is 19.3 Å². The second-order valence-corrected chi connectivity index (χ2v) is 8.06. The summed E-state index contributed by atoms with van der Waals surface area (Å²) < 4.78 is 30.8. The van der Waals surface area contributed by atoms with Crippen LogP contribution in [0.5, 0.6) is 0 Å². The van der Waals surface area contributed by atoms with Crippen LogP contribution in [0.25, 0.3) is 10.2 Å². The Morgan fingerprint density at radius 2 is 2.18 bits per heavy atom. The highest BCUT2D eigenvalue weighted by Crippen LogP contribution is 2.29. The minimum Gasteiger partial charge on any atom is -0.468 e. The van der Waals surface area contributed by atoms with Gasteiger partial charge in [0.05, 0.1) is 17.3 Å². The molecule has 22 heavy (non-hydrogen) atoms. The lowest BCUT2D eigenvalue weighted by Gasteiger charge is -2.13. The van der Waals surface area contributed by atoms with E-state index in [9.17, 15) is 13.2 Å². The fourth-order valence-corrected chi connectivity index (χ4v) is 5.15. The van der Waals surface area contributed by atoms with Crippen molar-refractivity contribution in [3.05, 3.63) is 36.9 Å². The van der Waals surface area contributed by atoms with E-state index in [0.29, 0.717) is 18.4 Å². The van der Waals surface area contributed by atoms with Gasteiger partial charge < -0.3 is 4.74 Å². The zero-order valence-corrected chi connectivity index (χ0v) is 13.8. The Labute approximate surface area is 133 Å². The van der Waals surface area contributed by atoms with Crippen LogP contribution in [-0.4, -0.2) is 31.7 Å². The topological polar surface area (TPSA) is 73.3 Å². The fourth-order valence-electron chi connectivity index (χ4n) is 2.07. The first-order chi connectivity index (χ1) is 10.5. The molecule has 7 heteroatoms. The van der Waals surface area contributed by atoms with Crippen LogP contribution < -0.4 is 0 Å². The van der Waals surface area contributed by atoms with Crippen molar-refractivity contribution in [1.82, 2.24) is 4.98 Å². The number of aromatic nitrogens is 1. The van der Waals surface area contributed by atoms with E-state index < -0.39 is 21.1 Å². The van der Waals surface area contributed by atoms with E-state index in [-0.39, 0.29) is 10.8 Å². The highest BCUT2D eigenvalue weighted by atomic mass is 32.2. The number of methoxy groups -OCH3 is 1. The fraction of sp³-hybridized carbons (Fsp3) is 0.333. The molecule has 1 heterocycles. The van der Waals surface area contributed by atoms with Gasteiger partial charge in [0.25, 0.3) is 0 Å². The molecule has 0 aliphatic heterocycles. The number of benzene rings is 1. The number of para-hydroxylation sites is 1. The first-order valence-corrected chi connectivity index (χ1v) is 9.15. The smallest absolute Gasteiger partial charge is 0.324 e. The maximum Gasteiger partial charge on any atom is 0.324 e. The molecule has 0 fully saturated rings. The van der Waals surface area contributed by atoms with E-state index >= 15 is 0 Å². The molecular formula is C15H17NO4S2. The van der Waals surface area contributed by atoms with Crippen molar-refractivity contribution in [3.63, 3.8) is 0 Å². The number of sulfone groups is 1. The maximum absolute atomic E-state index is 12.7. The third kappa shape index (κ3) is 3.36. The summed E-state index contributed by atoms with van der Waals surface area (Å²) >= 11 is 1.07. The average Bonchev–Trinajstić information content (AvgIpc) is 2.95. The van der Waals surface area contributed by atoms with Gasteiger partial charge in [-0.05, 0) is 31.4 Å². The molecule has 118 valence electrons. The maximum atomic E-state index is 12.7. The molecule has 0 radical (unpaired) electrons. The Bertz CT molecular complexity index is 747. The lowest BCUT2D eigenvalue weighted by atomic mass is 10.2. The van der Waals surface area contributed by atoms with Crippen molar-refractivity contribution in [2.75, 3.05) is 7.11 Å². The number of unbranched alkanes of at least 4 members (excludes halogenated alkanes) is 1. The molecule has 1 aromatic carbocycles. The summed E-state index contributed by atoms with van der Waals surface area (Å²) in [6, 6.07) is 7.16. The second kappa shape index (κ2) is 7.02. The van der Waals surface area contributed by atoms with Crippen molar-refractivity contribution in [3.8, 4) is 0 Å². The predicted octanol–water partition coefficient (Wildman–Crippen LogP) is 2.97. The van der Waals surface area contributed by atoms with Gasteiger partial charge in [0.2, 0.25) is 14.2 Å². The second-order valence-electron chi connectivity index (χ2n) is 4.72. The number of allylic oxidation sites excluding steroid dienone is 1. The third-order valence-electron chi connectivity index (χ3n) is 3.23. The van der Waals surface area contributed by atoms with Crippen LogP contribution in [-0.2, 0) is 19.4 Å². The van der Waals surface area contributed by atoms with Crippen LogP contribution in [0.3, 0.4) is 0 Å². The molecule has 1 aromatic heterocycles. The minimum absolute atomic E-state index is 0.0392. The summed E-state index contributed by atoms with van der Waals surface area (Å²) in [7, 11) is -2.66. The number of carbonyl (C=O) groups excluding carboxylic acids is 1. The molecule has 2 aromatic rings. The van der Waals surface area contributed by atoms with Gasteiger partial charge in [0.1, 0.15) is 0 Å². The van der Waals surface area contributed by atoms with Crippen molar-refractivity contribution in [1.29, 1.82) is 0 Å². The summed E-state index contributed by atoms with van der Waals surface area (Å²) in [5, 5.41) is -1.22. The van der Waals surface area contributed by atoms with Crippen molar-refractivity contribution < 1.29 is 17.9 Å². The number of hydrogen-bond acceptors (Lipinski definition) is 6. The lowest BCUT2D eigenvalue weighted by molar-refractivity contribution is -0.140.